The van der Waals surface area contributed by atoms with E-state index in [-0.39, 0.29) is 31.3 Å². The minimum Gasteiger partial charge on any atom is -0.368 e. The van der Waals surface area contributed by atoms with Gasteiger partial charge in [0.25, 0.3) is 10.1 Å². The highest BCUT2D eigenvalue weighted by Crippen LogP contribution is 2.21. The van der Waals surface area contributed by atoms with Crippen LogP contribution in [0.1, 0.15) is 22.3 Å². The van der Waals surface area contributed by atoms with Crippen LogP contribution in [0, 0.1) is 6.92 Å². The third-order valence-electron chi connectivity index (χ3n) is 6.40. The second kappa shape index (κ2) is 15.4. The fourth-order valence-corrected chi connectivity index (χ4v) is 5.02. The van der Waals surface area contributed by atoms with Crippen molar-refractivity contribution in [2.24, 2.45) is 0 Å². The van der Waals surface area contributed by atoms with Crippen LogP contribution in [0.2, 0.25) is 0 Å². The number of benzene rings is 4. The van der Waals surface area contributed by atoms with Gasteiger partial charge < -0.3 is 19.0 Å². The molecule has 0 aromatic heterocycles. The molecule has 0 amide bonds. The van der Waals surface area contributed by atoms with E-state index in [1.54, 1.807) is 12.1 Å². The molecule has 3 atom stereocenters. The van der Waals surface area contributed by atoms with Gasteiger partial charge in [-0.2, -0.15) is 8.42 Å². The molecule has 0 bridgehead atoms. The molecule has 0 radical (unpaired) electrons. The number of hydrogen-bond acceptors (Lipinski definition) is 7. The third kappa shape index (κ3) is 9.45. The molecule has 0 heterocycles. The van der Waals surface area contributed by atoms with Crippen molar-refractivity contribution >= 4 is 16.4 Å². The van der Waals surface area contributed by atoms with Crippen LogP contribution in [-0.4, -0.2) is 39.6 Å². The molecule has 0 unspecified atom stereocenters. The lowest BCUT2D eigenvalue weighted by atomic mass is 10.1. The summed E-state index contributed by atoms with van der Waals surface area (Å²) in [6, 6.07) is 34.7. The van der Waals surface area contributed by atoms with Crippen LogP contribution in [0.5, 0.6) is 0 Å². The van der Waals surface area contributed by atoms with Crippen LogP contribution in [0.15, 0.2) is 120 Å². The third-order valence-corrected chi connectivity index (χ3v) is 7.69. The zero-order valence-electron chi connectivity index (χ0n) is 22.9. The highest BCUT2D eigenvalue weighted by atomic mass is 32.2. The molecule has 214 valence electrons. The van der Waals surface area contributed by atoms with Crippen LogP contribution < -0.4 is 0 Å². The molecule has 41 heavy (non-hydrogen) atoms. The molecule has 0 aliphatic heterocycles. The Morgan fingerprint density at radius 3 is 1.59 bits per heavy atom. The molecular weight excluding hydrogens is 540 g/mol. The Labute approximate surface area is 241 Å². The normalized spacial score (nSPS) is 13.8. The summed E-state index contributed by atoms with van der Waals surface area (Å²) in [4.78, 5) is 12.4. The molecular formula is C33H34O7S. The summed E-state index contributed by atoms with van der Waals surface area (Å²) in [5.74, 6) is 0. The van der Waals surface area contributed by atoms with Crippen LogP contribution in [0.3, 0.4) is 0 Å². The van der Waals surface area contributed by atoms with Gasteiger partial charge in [-0.15, -0.1) is 0 Å². The zero-order valence-corrected chi connectivity index (χ0v) is 23.7. The van der Waals surface area contributed by atoms with E-state index in [0.717, 1.165) is 22.3 Å². The lowest BCUT2D eigenvalue weighted by molar-refractivity contribution is -0.163. The molecule has 4 aromatic rings. The summed E-state index contributed by atoms with van der Waals surface area (Å²) >= 11 is 0. The van der Waals surface area contributed by atoms with Crippen molar-refractivity contribution in [2.75, 3.05) is 6.61 Å². The average molecular weight is 575 g/mol. The van der Waals surface area contributed by atoms with Crippen molar-refractivity contribution in [3.63, 3.8) is 0 Å². The molecule has 0 spiro atoms. The van der Waals surface area contributed by atoms with Gasteiger partial charge in [-0.1, -0.05) is 109 Å². The van der Waals surface area contributed by atoms with E-state index in [1.165, 1.54) is 12.1 Å². The fraction of sp³-hybridized carbons (Fsp3) is 0.242. The monoisotopic (exact) mass is 574 g/mol. The second-order valence-electron chi connectivity index (χ2n) is 9.55. The zero-order chi connectivity index (χ0) is 28.9. The van der Waals surface area contributed by atoms with Crippen molar-refractivity contribution in [1.82, 2.24) is 0 Å². The van der Waals surface area contributed by atoms with Crippen molar-refractivity contribution < 1.29 is 31.6 Å². The van der Waals surface area contributed by atoms with Crippen molar-refractivity contribution in [3.8, 4) is 0 Å². The Morgan fingerprint density at radius 1 is 0.634 bits per heavy atom. The molecule has 8 heteroatoms. The van der Waals surface area contributed by atoms with Gasteiger partial charge in [-0.05, 0) is 35.7 Å². The predicted octanol–water partition coefficient (Wildman–Crippen LogP) is 5.66. The van der Waals surface area contributed by atoms with E-state index < -0.39 is 28.4 Å². The highest BCUT2D eigenvalue weighted by molar-refractivity contribution is 7.86. The number of aldehydes is 1. The smallest absolute Gasteiger partial charge is 0.297 e. The van der Waals surface area contributed by atoms with Gasteiger partial charge in [0.1, 0.15) is 18.3 Å². The summed E-state index contributed by atoms with van der Waals surface area (Å²) in [7, 11) is -4.11. The first-order valence-electron chi connectivity index (χ1n) is 13.3. The van der Waals surface area contributed by atoms with E-state index >= 15 is 0 Å². The quantitative estimate of drug-likeness (QED) is 0.126. The van der Waals surface area contributed by atoms with Crippen LogP contribution >= 0.6 is 0 Å². The molecule has 0 saturated carbocycles. The Balaban J connectivity index is 1.59. The first-order valence-corrected chi connectivity index (χ1v) is 14.7. The maximum absolute atomic E-state index is 13.1. The second-order valence-corrected chi connectivity index (χ2v) is 11.2. The van der Waals surface area contributed by atoms with Crippen LogP contribution in [-0.2, 0) is 53.1 Å². The van der Waals surface area contributed by atoms with E-state index in [4.69, 9.17) is 18.4 Å². The van der Waals surface area contributed by atoms with Gasteiger partial charge in [0.15, 0.2) is 6.29 Å². The summed E-state index contributed by atoms with van der Waals surface area (Å²) in [5, 5.41) is 0. The number of carbonyl (C=O) groups is 1. The van der Waals surface area contributed by atoms with Gasteiger partial charge >= 0.3 is 0 Å². The first kappa shape index (κ1) is 30.3. The van der Waals surface area contributed by atoms with Crippen LogP contribution in [0.25, 0.3) is 0 Å². The molecule has 4 rings (SSSR count). The molecule has 4 aromatic carbocycles. The van der Waals surface area contributed by atoms with E-state index in [2.05, 4.69) is 0 Å². The molecule has 0 aliphatic carbocycles. The van der Waals surface area contributed by atoms with Gasteiger partial charge in [0.05, 0.1) is 31.3 Å². The number of carbonyl (C=O) groups excluding carboxylic acids is 1. The number of ether oxygens (including phenoxy) is 3. The highest BCUT2D eigenvalue weighted by Gasteiger charge is 2.34. The number of rotatable bonds is 16. The molecule has 0 aliphatic rings. The first-order chi connectivity index (χ1) is 19.9. The lowest BCUT2D eigenvalue weighted by Crippen LogP contribution is -2.46. The topological polar surface area (TPSA) is 88.1 Å². The summed E-state index contributed by atoms with van der Waals surface area (Å²) in [5.41, 5.74) is 3.54. The SMILES string of the molecule is Cc1ccc(S(=O)(=O)OC[C@H](OCc2ccccc2)[C@H](OCc2ccccc2)[C@H](C=O)OCc2ccccc2)cc1. The minimum absolute atomic E-state index is 0.0268. The van der Waals surface area contributed by atoms with Gasteiger partial charge in [-0.3, -0.25) is 4.18 Å². The van der Waals surface area contributed by atoms with Gasteiger partial charge in [0, 0.05) is 0 Å². The lowest BCUT2D eigenvalue weighted by Gasteiger charge is -2.31. The Hall–Kier alpha value is -3.66. The molecule has 0 fully saturated rings. The number of aryl methyl sites for hydroxylation is 1. The van der Waals surface area contributed by atoms with Crippen molar-refractivity contribution in [3.05, 3.63) is 138 Å². The summed E-state index contributed by atoms with van der Waals surface area (Å²) in [6.07, 6.45) is -2.35. The summed E-state index contributed by atoms with van der Waals surface area (Å²) < 4.78 is 50.1. The Bertz CT molecular complexity index is 1430. The predicted molar refractivity (Wildman–Crippen MR) is 155 cm³/mol. The number of hydrogen-bond donors (Lipinski definition) is 0. The van der Waals surface area contributed by atoms with Gasteiger partial charge in [-0.25, -0.2) is 0 Å². The van der Waals surface area contributed by atoms with Gasteiger partial charge in [0.2, 0.25) is 0 Å². The van der Waals surface area contributed by atoms with E-state index in [0.29, 0.717) is 6.29 Å². The average Bonchev–Trinajstić information content (AvgIpc) is 3.01. The van der Waals surface area contributed by atoms with E-state index in [9.17, 15) is 13.2 Å². The maximum Gasteiger partial charge on any atom is 0.297 e. The summed E-state index contributed by atoms with van der Waals surface area (Å²) in [6.45, 7) is 1.94. The minimum atomic E-state index is -4.11. The maximum atomic E-state index is 13.1. The van der Waals surface area contributed by atoms with Crippen molar-refractivity contribution in [2.45, 2.75) is 50.0 Å². The Morgan fingerprint density at radius 2 is 1.10 bits per heavy atom. The molecule has 0 saturated heterocycles. The largest absolute Gasteiger partial charge is 0.368 e. The Kier molecular flexibility index (Phi) is 11.4. The van der Waals surface area contributed by atoms with E-state index in [1.807, 2.05) is 97.9 Å². The molecule has 0 N–H and O–H groups in total. The molecule has 7 nitrogen and oxygen atoms in total. The fourth-order valence-electron chi connectivity index (χ4n) is 4.10. The standard InChI is InChI=1S/C33H34O7S/c1-26-17-19-30(20-18-26)41(35,36)40-25-32(38-23-28-13-7-3-8-14-28)33(39-24-29-15-9-4-10-16-29)31(21-34)37-22-27-11-5-2-6-12-27/h2-21,31-33H,22-25H2,1H3/t31-,32-,33+/m0/s1. The van der Waals surface area contributed by atoms with Crippen molar-refractivity contribution in [1.29, 1.82) is 0 Å². The van der Waals surface area contributed by atoms with Crippen LogP contribution in [0.4, 0.5) is 0 Å².